The second-order valence-corrected chi connectivity index (χ2v) is 7.86. The maximum Gasteiger partial charge on any atom is 0.233 e. The van der Waals surface area contributed by atoms with E-state index in [1.807, 2.05) is 40.7 Å². The van der Waals surface area contributed by atoms with Gasteiger partial charge in [0, 0.05) is 19.1 Å². The molecule has 7 heteroatoms. The minimum absolute atomic E-state index is 0.190. The predicted octanol–water partition coefficient (Wildman–Crippen LogP) is 3.68. The van der Waals surface area contributed by atoms with Crippen molar-refractivity contribution in [2.75, 3.05) is 12.3 Å². The summed E-state index contributed by atoms with van der Waals surface area (Å²) in [6.45, 7) is 8.20. The van der Waals surface area contributed by atoms with Gasteiger partial charge in [0.15, 0.2) is 11.0 Å². The molecule has 0 saturated carbocycles. The predicted molar refractivity (Wildman–Crippen MR) is 107 cm³/mol. The molecule has 1 saturated heterocycles. The number of ether oxygens (including phenoxy) is 1. The lowest BCUT2D eigenvalue weighted by Crippen LogP contribution is -2.43. The number of likely N-dealkylation sites (tertiary alicyclic amines) is 1. The lowest BCUT2D eigenvalue weighted by atomic mass is 10.0. The molecule has 1 atom stereocenters. The molecule has 1 aliphatic rings. The van der Waals surface area contributed by atoms with E-state index in [1.165, 1.54) is 18.2 Å². The van der Waals surface area contributed by atoms with E-state index < -0.39 is 0 Å². The van der Waals surface area contributed by atoms with Crippen molar-refractivity contribution in [3.63, 3.8) is 0 Å². The number of benzene rings is 1. The third-order valence-corrected chi connectivity index (χ3v) is 5.96. The number of aromatic nitrogens is 3. The number of piperidine rings is 1. The van der Waals surface area contributed by atoms with Gasteiger partial charge in [-0.15, -0.1) is 10.2 Å². The topological polar surface area (TPSA) is 60.2 Å². The normalized spacial score (nSPS) is 17.1. The van der Waals surface area contributed by atoms with E-state index in [0.29, 0.717) is 18.4 Å². The monoisotopic (exact) mass is 388 g/mol. The van der Waals surface area contributed by atoms with Crippen LogP contribution < -0.4 is 4.74 Å². The minimum Gasteiger partial charge on any atom is -0.485 e. The number of nitrogens with zero attached hydrogens (tertiary/aromatic N) is 4. The van der Waals surface area contributed by atoms with Crippen molar-refractivity contribution in [2.45, 2.75) is 64.4 Å². The van der Waals surface area contributed by atoms with Crippen molar-refractivity contribution in [1.82, 2.24) is 19.7 Å². The van der Waals surface area contributed by atoms with E-state index in [9.17, 15) is 4.79 Å². The Morgan fingerprint density at radius 1 is 1.30 bits per heavy atom. The number of hydrogen-bond donors (Lipinski definition) is 0. The third-order valence-electron chi connectivity index (χ3n) is 5.01. The Hall–Kier alpha value is -2.02. The molecular weight excluding hydrogens is 360 g/mol. The highest BCUT2D eigenvalue weighted by atomic mass is 32.2. The summed E-state index contributed by atoms with van der Waals surface area (Å²) >= 11 is 1.46. The fourth-order valence-corrected chi connectivity index (χ4v) is 4.30. The Morgan fingerprint density at radius 3 is 2.85 bits per heavy atom. The molecule has 0 aliphatic carbocycles. The summed E-state index contributed by atoms with van der Waals surface area (Å²) in [5.74, 6) is 2.23. The summed E-state index contributed by atoms with van der Waals surface area (Å²) in [6.07, 6.45) is 3.42. The molecule has 2 heterocycles. The number of thioether (sulfide) groups is 1. The fourth-order valence-electron chi connectivity index (χ4n) is 3.39. The largest absolute Gasteiger partial charge is 0.485 e. The SMILES string of the molecule is CCn1c(COc2ccccc2C)nnc1SCC(=O)N1CCCC[C@H]1C. The second kappa shape index (κ2) is 9.26. The first-order valence-electron chi connectivity index (χ1n) is 9.63. The molecule has 1 aromatic heterocycles. The molecule has 0 unspecified atom stereocenters. The van der Waals surface area contributed by atoms with Crippen LogP contribution in [0.4, 0.5) is 0 Å². The maximum absolute atomic E-state index is 12.6. The minimum atomic E-state index is 0.190. The zero-order valence-electron chi connectivity index (χ0n) is 16.4. The zero-order valence-corrected chi connectivity index (χ0v) is 17.2. The van der Waals surface area contributed by atoms with Gasteiger partial charge in [-0.25, -0.2) is 0 Å². The molecule has 0 spiro atoms. The van der Waals surface area contributed by atoms with E-state index in [4.69, 9.17) is 4.74 Å². The molecule has 1 aliphatic heterocycles. The number of para-hydroxylation sites is 1. The molecule has 2 aromatic rings. The quantitative estimate of drug-likeness (QED) is 0.677. The number of carbonyl (C=O) groups excluding carboxylic acids is 1. The molecule has 1 fully saturated rings. The average Bonchev–Trinajstić information content (AvgIpc) is 3.07. The Labute approximate surface area is 165 Å². The Morgan fingerprint density at radius 2 is 2.11 bits per heavy atom. The number of aryl methyl sites for hydroxylation is 1. The van der Waals surface area contributed by atoms with Gasteiger partial charge in [0.1, 0.15) is 12.4 Å². The summed E-state index contributed by atoms with van der Waals surface area (Å²) in [5, 5.41) is 9.34. The van der Waals surface area contributed by atoms with Crippen LogP contribution >= 0.6 is 11.8 Å². The van der Waals surface area contributed by atoms with Crippen molar-refractivity contribution in [3.8, 4) is 5.75 Å². The van der Waals surface area contributed by atoms with Crippen LogP contribution in [0.2, 0.25) is 0 Å². The maximum atomic E-state index is 12.6. The molecule has 1 amide bonds. The highest BCUT2D eigenvalue weighted by Crippen LogP contribution is 2.23. The van der Waals surface area contributed by atoms with Crippen molar-refractivity contribution < 1.29 is 9.53 Å². The first kappa shape index (κ1) is 19.7. The molecule has 0 N–H and O–H groups in total. The van der Waals surface area contributed by atoms with Gasteiger partial charge in [-0.2, -0.15) is 0 Å². The van der Waals surface area contributed by atoms with Crippen LogP contribution in [0.25, 0.3) is 0 Å². The molecule has 146 valence electrons. The van der Waals surface area contributed by atoms with Gasteiger partial charge in [0.25, 0.3) is 0 Å². The molecular formula is C20H28N4O2S. The molecule has 0 radical (unpaired) electrons. The zero-order chi connectivity index (χ0) is 19.2. The van der Waals surface area contributed by atoms with Gasteiger partial charge < -0.3 is 14.2 Å². The Kier molecular flexibility index (Phi) is 6.77. The van der Waals surface area contributed by atoms with Crippen molar-refractivity contribution in [3.05, 3.63) is 35.7 Å². The van der Waals surface area contributed by atoms with Gasteiger partial charge in [0.2, 0.25) is 5.91 Å². The van der Waals surface area contributed by atoms with Gasteiger partial charge in [-0.05, 0) is 51.7 Å². The molecule has 1 aromatic carbocycles. The van der Waals surface area contributed by atoms with Gasteiger partial charge in [-0.1, -0.05) is 30.0 Å². The molecule has 6 nitrogen and oxygen atoms in total. The summed E-state index contributed by atoms with van der Waals surface area (Å²) < 4.78 is 7.93. The Bertz CT molecular complexity index is 777. The second-order valence-electron chi connectivity index (χ2n) is 6.92. The third kappa shape index (κ3) is 4.83. The Balaban J connectivity index is 1.60. The van der Waals surface area contributed by atoms with E-state index in [2.05, 4.69) is 24.0 Å². The summed E-state index contributed by atoms with van der Waals surface area (Å²) in [6, 6.07) is 8.27. The van der Waals surface area contributed by atoms with E-state index in [-0.39, 0.29) is 5.91 Å². The van der Waals surface area contributed by atoms with Gasteiger partial charge in [-0.3, -0.25) is 4.79 Å². The molecule has 0 bridgehead atoms. The van der Waals surface area contributed by atoms with Crippen LogP contribution in [0.3, 0.4) is 0 Å². The number of rotatable bonds is 7. The van der Waals surface area contributed by atoms with Gasteiger partial charge >= 0.3 is 0 Å². The van der Waals surface area contributed by atoms with Crippen LogP contribution in [0.5, 0.6) is 5.75 Å². The van der Waals surface area contributed by atoms with Crippen molar-refractivity contribution in [1.29, 1.82) is 0 Å². The smallest absolute Gasteiger partial charge is 0.233 e. The van der Waals surface area contributed by atoms with E-state index >= 15 is 0 Å². The number of hydrogen-bond acceptors (Lipinski definition) is 5. The van der Waals surface area contributed by atoms with E-state index in [0.717, 1.165) is 48.2 Å². The summed E-state index contributed by atoms with van der Waals surface area (Å²) in [4.78, 5) is 14.6. The lowest BCUT2D eigenvalue weighted by molar-refractivity contribution is -0.131. The highest BCUT2D eigenvalue weighted by Gasteiger charge is 2.24. The van der Waals surface area contributed by atoms with Crippen molar-refractivity contribution in [2.24, 2.45) is 0 Å². The first-order valence-corrected chi connectivity index (χ1v) is 10.6. The van der Waals surface area contributed by atoms with Crippen LogP contribution in [0, 0.1) is 6.92 Å². The first-order chi connectivity index (χ1) is 13.1. The fraction of sp³-hybridized carbons (Fsp3) is 0.550. The molecule has 27 heavy (non-hydrogen) atoms. The van der Waals surface area contributed by atoms with Crippen LogP contribution in [0.1, 0.15) is 44.5 Å². The van der Waals surface area contributed by atoms with Crippen molar-refractivity contribution >= 4 is 17.7 Å². The van der Waals surface area contributed by atoms with Crippen LogP contribution in [0.15, 0.2) is 29.4 Å². The highest BCUT2D eigenvalue weighted by molar-refractivity contribution is 7.99. The molecule has 3 rings (SSSR count). The average molecular weight is 389 g/mol. The lowest BCUT2D eigenvalue weighted by Gasteiger charge is -2.33. The van der Waals surface area contributed by atoms with Crippen LogP contribution in [-0.4, -0.2) is 43.9 Å². The van der Waals surface area contributed by atoms with E-state index in [1.54, 1.807) is 0 Å². The van der Waals surface area contributed by atoms with Gasteiger partial charge in [0.05, 0.1) is 5.75 Å². The summed E-state index contributed by atoms with van der Waals surface area (Å²) in [5.41, 5.74) is 1.09. The van der Waals surface area contributed by atoms with Crippen LogP contribution in [-0.2, 0) is 17.9 Å². The summed E-state index contributed by atoms with van der Waals surface area (Å²) in [7, 11) is 0. The number of carbonyl (C=O) groups is 1. The standard InChI is InChI=1S/C20H28N4O2S/c1-4-23-18(13-26-17-11-6-5-9-15(17)2)21-22-20(23)27-14-19(25)24-12-8-7-10-16(24)3/h5-6,9,11,16H,4,7-8,10,12-14H2,1-3H3/t16-/m1/s1. The number of amides is 1.